The summed E-state index contributed by atoms with van der Waals surface area (Å²) in [6, 6.07) is 3.98. The summed E-state index contributed by atoms with van der Waals surface area (Å²) in [6.45, 7) is 4.85. The highest BCUT2D eigenvalue weighted by molar-refractivity contribution is 5.36. The summed E-state index contributed by atoms with van der Waals surface area (Å²) >= 11 is 0. The molecule has 0 saturated carbocycles. The van der Waals surface area contributed by atoms with Crippen molar-refractivity contribution in [2.45, 2.75) is 20.3 Å². The first-order chi connectivity index (χ1) is 6.24. The van der Waals surface area contributed by atoms with E-state index in [4.69, 9.17) is 0 Å². The van der Waals surface area contributed by atoms with Gasteiger partial charge in [0.05, 0.1) is 6.61 Å². The number of aromatic nitrogens is 1. The van der Waals surface area contributed by atoms with E-state index in [9.17, 15) is 4.79 Å². The van der Waals surface area contributed by atoms with Gasteiger partial charge < -0.3 is 4.74 Å². The second kappa shape index (κ2) is 4.60. The van der Waals surface area contributed by atoms with Crippen LogP contribution in [0.15, 0.2) is 12.1 Å². The van der Waals surface area contributed by atoms with Crippen molar-refractivity contribution in [2.24, 2.45) is 0 Å². The Morgan fingerprint density at radius 1 is 1.46 bits per heavy atom. The van der Waals surface area contributed by atoms with E-state index < -0.39 is 0 Å². The third-order valence-electron chi connectivity index (χ3n) is 1.95. The smallest absolute Gasteiger partial charge is 0.293 e. The molecule has 0 aromatic carbocycles. The maximum atomic E-state index is 9.87. The van der Waals surface area contributed by atoms with Gasteiger partial charge in [-0.2, -0.15) is 0 Å². The Labute approximate surface area is 77.8 Å². The summed E-state index contributed by atoms with van der Waals surface area (Å²) in [5.41, 5.74) is 3.17. The third-order valence-corrected chi connectivity index (χ3v) is 1.95. The van der Waals surface area contributed by atoms with Crippen molar-refractivity contribution in [3.63, 3.8) is 0 Å². The van der Waals surface area contributed by atoms with Crippen LogP contribution >= 0.6 is 0 Å². The van der Waals surface area contributed by atoms with Gasteiger partial charge in [0.1, 0.15) is 0 Å². The fourth-order valence-electron chi connectivity index (χ4n) is 1.03. The van der Waals surface area contributed by atoms with E-state index in [0.717, 1.165) is 11.4 Å². The summed E-state index contributed by atoms with van der Waals surface area (Å²) in [5.74, 6) is 0. The van der Waals surface area contributed by atoms with Gasteiger partial charge in [0.2, 0.25) is 0 Å². The molecule has 0 fully saturated rings. The number of carbonyl (C=O) groups excluding carboxylic acids is 1. The molecule has 0 bridgehead atoms. The maximum Gasteiger partial charge on any atom is 0.293 e. The molecular formula is C10H13NO2. The molecule has 0 radical (unpaired) electrons. The number of hydrogen-bond donors (Lipinski definition) is 0. The molecule has 0 atom stereocenters. The van der Waals surface area contributed by atoms with Crippen LogP contribution in [0, 0.1) is 13.8 Å². The van der Waals surface area contributed by atoms with Crippen LogP contribution < -0.4 is 0 Å². The Morgan fingerprint density at radius 2 is 2.23 bits per heavy atom. The third kappa shape index (κ3) is 2.86. The van der Waals surface area contributed by atoms with E-state index in [1.165, 1.54) is 5.56 Å². The van der Waals surface area contributed by atoms with Crippen molar-refractivity contribution >= 4 is 6.47 Å². The van der Waals surface area contributed by atoms with E-state index in [2.05, 4.69) is 9.72 Å². The average Bonchev–Trinajstić information content (AvgIpc) is 2.12. The van der Waals surface area contributed by atoms with Crippen LogP contribution in [0.2, 0.25) is 0 Å². The van der Waals surface area contributed by atoms with E-state index in [1.54, 1.807) is 0 Å². The van der Waals surface area contributed by atoms with Gasteiger partial charge in [-0.25, -0.2) is 0 Å². The lowest BCUT2D eigenvalue weighted by Crippen LogP contribution is -2.00. The zero-order valence-corrected chi connectivity index (χ0v) is 7.91. The predicted octanol–water partition coefficient (Wildman–Crippen LogP) is 1.41. The van der Waals surface area contributed by atoms with Gasteiger partial charge in [0, 0.05) is 17.8 Å². The summed E-state index contributed by atoms with van der Waals surface area (Å²) in [4.78, 5) is 14.2. The average molecular weight is 179 g/mol. The summed E-state index contributed by atoms with van der Waals surface area (Å²) in [7, 11) is 0. The van der Waals surface area contributed by atoms with Gasteiger partial charge in [-0.15, -0.1) is 0 Å². The molecule has 13 heavy (non-hydrogen) atoms. The van der Waals surface area contributed by atoms with E-state index in [1.807, 2.05) is 26.0 Å². The van der Waals surface area contributed by atoms with Crippen molar-refractivity contribution in [2.75, 3.05) is 6.61 Å². The molecule has 0 spiro atoms. The van der Waals surface area contributed by atoms with Gasteiger partial charge in [-0.1, -0.05) is 6.07 Å². The molecule has 0 aliphatic carbocycles. The second-order valence-electron chi connectivity index (χ2n) is 2.92. The van der Waals surface area contributed by atoms with Crippen LogP contribution in [0.3, 0.4) is 0 Å². The molecule has 0 amide bonds. The lowest BCUT2D eigenvalue weighted by molar-refractivity contribution is -0.128. The highest BCUT2D eigenvalue weighted by Crippen LogP contribution is 2.05. The monoisotopic (exact) mass is 179 g/mol. The van der Waals surface area contributed by atoms with Crippen LogP contribution in [0.5, 0.6) is 0 Å². The van der Waals surface area contributed by atoms with Gasteiger partial charge in [0.25, 0.3) is 6.47 Å². The van der Waals surface area contributed by atoms with Crippen molar-refractivity contribution in [1.29, 1.82) is 0 Å². The summed E-state index contributed by atoms with van der Waals surface area (Å²) in [6.07, 6.45) is 0.680. The summed E-state index contributed by atoms with van der Waals surface area (Å²) in [5, 5.41) is 0. The van der Waals surface area contributed by atoms with Gasteiger partial charge in [0.15, 0.2) is 0 Å². The molecule has 0 saturated heterocycles. The first-order valence-electron chi connectivity index (χ1n) is 4.22. The molecule has 0 N–H and O–H groups in total. The molecular weight excluding hydrogens is 166 g/mol. The normalized spacial score (nSPS) is 9.69. The Morgan fingerprint density at radius 3 is 2.85 bits per heavy atom. The minimum absolute atomic E-state index is 0.402. The highest BCUT2D eigenvalue weighted by atomic mass is 16.5. The molecule has 0 unspecified atom stereocenters. The second-order valence-corrected chi connectivity index (χ2v) is 2.92. The molecule has 3 heteroatoms. The number of carbonyl (C=O) groups is 1. The fourth-order valence-corrected chi connectivity index (χ4v) is 1.03. The van der Waals surface area contributed by atoms with Crippen molar-refractivity contribution in [3.8, 4) is 0 Å². The highest BCUT2D eigenvalue weighted by Gasteiger charge is 1.97. The Kier molecular flexibility index (Phi) is 3.43. The number of ether oxygens (including phenoxy) is 1. The van der Waals surface area contributed by atoms with E-state index >= 15 is 0 Å². The molecule has 70 valence electrons. The number of nitrogens with zero attached hydrogens (tertiary/aromatic N) is 1. The zero-order valence-electron chi connectivity index (χ0n) is 7.91. The summed E-state index contributed by atoms with van der Waals surface area (Å²) < 4.78 is 4.59. The van der Waals surface area contributed by atoms with Crippen LogP contribution in [-0.2, 0) is 16.0 Å². The number of hydrogen-bond acceptors (Lipinski definition) is 3. The number of pyridine rings is 1. The van der Waals surface area contributed by atoms with Crippen LogP contribution in [0.25, 0.3) is 0 Å². The maximum absolute atomic E-state index is 9.87. The largest absolute Gasteiger partial charge is 0.467 e. The minimum Gasteiger partial charge on any atom is -0.467 e. The minimum atomic E-state index is 0.402. The standard InChI is InChI=1S/C10H13NO2/c1-8-3-4-10(11-9(8)2)5-6-13-7-12/h3-4,7H,5-6H2,1-2H3. The van der Waals surface area contributed by atoms with Gasteiger partial charge in [-0.3, -0.25) is 9.78 Å². The Balaban J connectivity index is 2.57. The molecule has 1 aromatic heterocycles. The Hall–Kier alpha value is -1.38. The molecule has 1 heterocycles. The quantitative estimate of drug-likeness (QED) is 0.518. The lowest BCUT2D eigenvalue weighted by atomic mass is 10.2. The first kappa shape index (κ1) is 9.71. The number of rotatable bonds is 4. The van der Waals surface area contributed by atoms with E-state index in [0.29, 0.717) is 19.5 Å². The molecule has 1 aromatic rings. The fraction of sp³-hybridized carbons (Fsp3) is 0.400. The molecule has 3 nitrogen and oxygen atoms in total. The molecule has 0 aliphatic rings. The van der Waals surface area contributed by atoms with Gasteiger partial charge >= 0.3 is 0 Å². The van der Waals surface area contributed by atoms with Crippen molar-refractivity contribution in [1.82, 2.24) is 4.98 Å². The van der Waals surface area contributed by atoms with Crippen LogP contribution in [0.4, 0.5) is 0 Å². The number of aryl methyl sites for hydroxylation is 2. The first-order valence-corrected chi connectivity index (χ1v) is 4.22. The van der Waals surface area contributed by atoms with Gasteiger partial charge in [-0.05, 0) is 25.5 Å². The lowest BCUT2D eigenvalue weighted by Gasteiger charge is -2.03. The topological polar surface area (TPSA) is 39.2 Å². The molecule has 1 rings (SSSR count). The van der Waals surface area contributed by atoms with Crippen molar-refractivity contribution in [3.05, 3.63) is 29.1 Å². The predicted molar refractivity (Wildman–Crippen MR) is 49.4 cm³/mol. The Bertz CT molecular complexity index is 297. The van der Waals surface area contributed by atoms with E-state index in [-0.39, 0.29) is 0 Å². The SMILES string of the molecule is Cc1ccc(CCOC=O)nc1C. The van der Waals surface area contributed by atoms with Crippen LogP contribution in [0.1, 0.15) is 17.0 Å². The van der Waals surface area contributed by atoms with Crippen LogP contribution in [-0.4, -0.2) is 18.1 Å². The zero-order chi connectivity index (χ0) is 9.68. The van der Waals surface area contributed by atoms with Crippen molar-refractivity contribution < 1.29 is 9.53 Å². The molecule has 0 aliphatic heterocycles.